The Balaban J connectivity index is 1.18. The largest absolute Gasteiger partial charge is 0.489 e. The maximum absolute atomic E-state index is 13.1. The number of piperazine rings is 1. The fraction of sp³-hybridized carbons (Fsp3) is 0.480. The molecule has 3 aliphatic rings. The van der Waals surface area contributed by atoms with Crippen LogP contribution in [-0.2, 0) is 22.4 Å². The molecular weight excluding hydrogens is 404 g/mol. The molecule has 2 fully saturated rings. The van der Waals surface area contributed by atoms with Crippen molar-refractivity contribution in [3.8, 4) is 5.75 Å². The van der Waals surface area contributed by atoms with Gasteiger partial charge in [0.1, 0.15) is 11.9 Å². The summed E-state index contributed by atoms with van der Waals surface area (Å²) in [5.74, 6) is 0.812. The van der Waals surface area contributed by atoms with Gasteiger partial charge in [-0.15, -0.1) is 0 Å². The highest BCUT2D eigenvalue weighted by atomic mass is 16.5. The summed E-state index contributed by atoms with van der Waals surface area (Å²) in [5.41, 5.74) is 2.73. The van der Waals surface area contributed by atoms with E-state index in [1.54, 1.807) is 12.4 Å². The third kappa shape index (κ3) is 4.48. The molecule has 7 heteroatoms. The van der Waals surface area contributed by atoms with Gasteiger partial charge in [0.25, 0.3) is 0 Å². The zero-order chi connectivity index (χ0) is 21.9. The van der Waals surface area contributed by atoms with E-state index < -0.39 is 0 Å². The Morgan fingerprint density at radius 1 is 1.06 bits per heavy atom. The minimum Gasteiger partial charge on any atom is -0.489 e. The molecule has 3 heterocycles. The minimum atomic E-state index is -0.389. The van der Waals surface area contributed by atoms with Gasteiger partial charge < -0.3 is 15.0 Å². The first-order valence-corrected chi connectivity index (χ1v) is 11.6. The van der Waals surface area contributed by atoms with Gasteiger partial charge in [0.05, 0.1) is 18.7 Å². The summed E-state index contributed by atoms with van der Waals surface area (Å²) in [6, 6.07) is 12.2. The van der Waals surface area contributed by atoms with E-state index in [1.165, 1.54) is 11.1 Å². The molecule has 168 valence electrons. The van der Waals surface area contributed by atoms with Gasteiger partial charge >= 0.3 is 0 Å². The van der Waals surface area contributed by atoms with Gasteiger partial charge in [-0.2, -0.15) is 0 Å². The van der Waals surface area contributed by atoms with Crippen LogP contribution in [0.3, 0.4) is 0 Å². The molecular formula is C25H30N4O3. The van der Waals surface area contributed by atoms with E-state index in [4.69, 9.17) is 4.74 Å². The molecule has 1 N–H and O–H groups in total. The summed E-state index contributed by atoms with van der Waals surface area (Å²) in [4.78, 5) is 34.1. The van der Waals surface area contributed by atoms with Crippen LogP contribution in [0.1, 0.15) is 30.4 Å². The number of benzene rings is 1. The summed E-state index contributed by atoms with van der Waals surface area (Å²) in [6.07, 6.45) is 7.26. The zero-order valence-corrected chi connectivity index (χ0v) is 18.3. The predicted octanol–water partition coefficient (Wildman–Crippen LogP) is 1.81. The van der Waals surface area contributed by atoms with Gasteiger partial charge in [-0.1, -0.05) is 24.3 Å². The first-order valence-electron chi connectivity index (χ1n) is 11.6. The van der Waals surface area contributed by atoms with E-state index in [-0.39, 0.29) is 36.4 Å². The predicted molar refractivity (Wildman–Crippen MR) is 120 cm³/mol. The van der Waals surface area contributed by atoms with Crippen LogP contribution in [0.15, 0.2) is 48.8 Å². The number of hydrogen-bond acceptors (Lipinski definition) is 5. The van der Waals surface area contributed by atoms with E-state index in [1.807, 2.05) is 17.0 Å². The van der Waals surface area contributed by atoms with Crippen LogP contribution < -0.4 is 10.1 Å². The summed E-state index contributed by atoms with van der Waals surface area (Å²) >= 11 is 0. The summed E-state index contributed by atoms with van der Waals surface area (Å²) in [5, 5.41) is 2.97. The van der Waals surface area contributed by atoms with Crippen molar-refractivity contribution in [1.29, 1.82) is 0 Å². The second-order valence-corrected chi connectivity index (χ2v) is 8.97. The second kappa shape index (κ2) is 9.28. The molecule has 1 unspecified atom stereocenters. The molecule has 1 aromatic carbocycles. The Morgan fingerprint density at radius 3 is 2.50 bits per heavy atom. The lowest BCUT2D eigenvalue weighted by Gasteiger charge is -2.40. The molecule has 2 aromatic rings. The number of pyridine rings is 1. The molecule has 0 radical (unpaired) electrons. The van der Waals surface area contributed by atoms with E-state index in [0.717, 1.165) is 38.0 Å². The number of aromatic nitrogens is 1. The Labute approximate surface area is 188 Å². The van der Waals surface area contributed by atoms with Gasteiger partial charge in [-0.05, 0) is 36.1 Å². The fourth-order valence-electron chi connectivity index (χ4n) is 5.28. The van der Waals surface area contributed by atoms with Crippen molar-refractivity contribution in [2.75, 3.05) is 26.2 Å². The SMILES string of the molecule is O=C1NCCN(C2Cc3ccccc3C2)C1CC(=O)N1CCC(Oc2cccnc2)CC1. The zero-order valence-electron chi connectivity index (χ0n) is 18.3. The number of ether oxygens (including phenoxy) is 1. The van der Waals surface area contributed by atoms with Crippen molar-refractivity contribution < 1.29 is 14.3 Å². The number of hydrogen-bond donors (Lipinski definition) is 1. The standard InChI is InChI=1S/C25H30N4O3/c30-24(28-11-7-21(8-12-28)32-22-6-3-9-26-17-22)16-23-25(31)27-10-13-29(23)20-14-18-4-1-2-5-19(18)15-20/h1-6,9,17,20-21,23H,7-8,10-16H2,(H,27,31). The number of carbonyl (C=O) groups excluding carboxylic acids is 2. The molecule has 2 saturated heterocycles. The van der Waals surface area contributed by atoms with E-state index in [9.17, 15) is 9.59 Å². The number of likely N-dealkylation sites (tertiary alicyclic amines) is 1. The van der Waals surface area contributed by atoms with Gasteiger partial charge in [-0.25, -0.2) is 0 Å². The first-order chi connectivity index (χ1) is 15.7. The smallest absolute Gasteiger partial charge is 0.237 e. The molecule has 1 atom stereocenters. The van der Waals surface area contributed by atoms with Crippen LogP contribution in [-0.4, -0.2) is 71.0 Å². The summed E-state index contributed by atoms with van der Waals surface area (Å²) in [7, 11) is 0. The van der Waals surface area contributed by atoms with Crippen LogP contribution in [0, 0.1) is 0 Å². The third-order valence-electron chi connectivity index (χ3n) is 6.97. The highest BCUT2D eigenvalue weighted by molar-refractivity contribution is 5.89. The highest BCUT2D eigenvalue weighted by Crippen LogP contribution is 2.28. The Bertz CT molecular complexity index is 934. The molecule has 0 saturated carbocycles. The molecule has 7 nitrogen and oxygen atoms in total. The Morgan fingerprint density at radius 2 is 1.81 bits per heavy atom. The van der Waals surface area contributed by atoms with Crippen molar-refractivity contribution in [3.05, 3.63) is 59.9 Å². The van der Waals surface area contributed by atoms with Gasteiger partial charge in [-0.3, -0.25) is 19.5 Å². The molecule has 2 amide bonds. The molecule has 1 aromatic heterocycles. The maximum Gasteiger partial charge on any atom is 0.237 e. The van der Waals surface area contributed by atoms with Crippen LogP contribution in [0.25, 0.3) is 0 Å². The van der Waals surface area contributed by atoms with Crippen LogP contribution in [0.2, 0.25) is 0 Å². The van der Waals surface area contributed by atoms with E-state index >= 15 is 0 Å². The normalized spacial score (nSPS) is 22.4. The number of nitrogens with one attached hydrogen (secondary N) is 1. The van der Waals surface area contributed by atoms with Crippen molar-refractivity contribution >= 4 is 11.8 Å². The Kier molecular flexibility index (Phi) is 6.08. The van der Waals surface area contributed by atoms with Gasteiger partial charge in [0, 0.05) is 51.3 Å². The lowest BCUT2D eigenvalue weighted by molar-refractivity contribution is -0.140. The number of nitrogens with zero attached hydrogens (tertiary/aromatic N) is 3. The first kappa shape index (κ1) is 20.9. The average Bonchev–Trinajstić information content (AvgIpc) is 3.25. The number of amides is 2. The molecule has 2 aliphatic heterocycles. The number of piperidine rings is 1. The molecule has 5 rings (SSSR count). The van der Waals surface area contributed by atoms with Crippen molar-refractivity contribution in [2.45, 2.75) is 50.3 Å². The van der Waals surface area contributed by atoms with E-state index in [2.05, 4.69) is 39.5 Å². The van der Waals surface area contributed by atoms with Crippen LogP contribution in [0.5, 0.6) is 5.75 Å². The summed E-state index contributed by atoms with van der Waals surface area (Å²) < 4.78 is 5.99. The lowest BCUT2D eigenvalue weighted by atomic mass is 10.0. The number of carbonyl (C=O) groups is 2. The number of fused-ring (bicyclic) bond motifs is 1. The maximum atomic E-state index is 13.1. The lowest BCUT2D eigenvalue weighted by Crippen LogP contribution is -2.60. The third-order valence-corrected chi connectivity index (χ3v) is 6.97. The molecule has 0 spiro atoms. The highest BCUT2D eigenvalue weighted by Gasteiger charge is 2.39. The van der Waals surface area contributed by atoms with Gasteiger partial charge in [0.15, 0.2) is 0 Å². The van der Waals surface area contributed by atoms with Crippen molar-refractivity contribution in [2.24, 2.45) is 0 Å². The Hall–Kier alpha value is -2.93. The monoisotopic (exact) mass is 434 g/mol. The van der Waals surface area contributed by atoms with Gasteiger partial charge in [0.2, 0.25) is 11.8 Å². The van der Waals surface area contributed by atoms with Crippen molar-refractivity contribution in [3.63, 3.8) is 0 Å². The fourth-order valence-corrected chi connectivity index (χ4v) is 5.28. The van der Waals surface area contributed by atoms with Crippen LogP contribution in [0.4, 0.5) is 0 Å². The topological polar surface area (TPSA) is 74.8 Å². The van der Waals surface area contributed by atoms with Crippen LogP contribution >= 0.6 is 0 Å². The molecule has 1 aliphatic carbocycles. The minimum absolute atomic E-state index is 0.0182. The van der Waals surface area contributed by atoms with E-state index in [0.29, 0.717) is 19.6 Å². The second-order valence-electron chi connectivity index (χ2n) is 8.97. The summed E-state index contributed by atoms with van der Waals surface area (Å²) in [6.45, 7) is 2.76. The average molecular weight is 435 g/mol. The quantitative estimate of drug-likeness (QED) is 0.777. The molecule has 32 heavy (non-hydrogen) atoms. The molecule has 0 bridgehead atoms. The number of rotatable bonds is 5. The van der Waals surface area contributed by atoms with Crippen molar-refractivity contribution in [1.82, 2.24) is 20.1 Å².